The first-order chi connectivity index (χ1) is 13.4. The minimum absolute atomic E-state index is 0.200. The van der Waals surface area contributed by atoms with Gasteiger partial charge in [0.1, 0.15) is 6.04 Å². The summed E-state index contributed by atoms with van der Waals surface area (Å²) in [6, 6.07) is 1.05. The van der Waals surface area contributed by atoms with Crippen molar-refractivity contribution in [1.82, 2.24) is 20.1 Å². The van der Waals surface area contributed by atoms with E-state index in [-0.39, 0.29) is 18.2 Å². The average Bonchev–Trinajstić information content (AvgIpc) is 3.00. The number of aromatic nitrogens is 1. The normalized spacial score (nSPS) is 23.0. The lowest BCUT2D eigenvalue weighted by Crippen LogP contribution is -2.52. The van der Waals surface area contributed by atoms with E-state index in [1.165, 1.54) is 9.80 Å². The van der Waals surface area contributed by atoms with Gasteiger partial charge in [0.25, 0.3) is 5.91 Å². The zero-order valence-corrected chi connectivity index (χ0v) is 15.4. The Hall–Kier alpha value is -2.97. The Morgan fingerprint density at radius 2 is 1.96 bits per heavy atom. The number of pyridine rings is 1. The van der Waals surface area contributed by atoms with Gasteiger partial charge in [0.2, 0.25) is 11.8 Å². The Bertz CT molecular complexity index is 847. The highest BCUT2D eigenvalue weighted by Gasteiger charge is 2.40. The van der Waals surface area contributed by atoms with Crippen molar-refractivity contribution in [2.24, 2.45) is 5.92 Å². The molecule has 2 fully saturated rings. The minimum Gasteiger partial charge on any atom is -0.465 e. The molecule has 1 aromatic rings. The fraction of sp³-hybridized carbons (Fsp3) is 0.526. The molecule has 1 aromatic heterocycles. The Balaban J connectivity index is 1.48. The van der Waals surface area contributed by atoms with Crippen LogP contribution in [0.4, 0.5) is 4.79 Å². The molecule has 28 heavy (non-hydrogen) atoms. The van der Waals surface area contributed by atoms with Gasteiger partial charge in [-0.05, 0) is 37.7 Å². The van der Waals surface area contributed by atoms with E-state index in [4.69, 9.17) is 5.11 Å². The molecular weight excluding hydrogens is 364 g/mol. The molecule has 9 nitrogen and oxygen atoms in total. The summed E-state index contributed by atoms with van der Waals surface area (Å²) in [4.78, 5) is 54.9. The number of likely N-dealkylation sites (tertiary alicyclic amines) is 1. The maximum absolute atomic E-state index is 12.8. The van der Waals surface area contributed by atoms with Gasteiger partial charge in [0.15, 0.2) is 0 Å². The molecule has 0 bridgehead atoms. The van der Waals surface area contributed by atoms with Crippen molar-refractivity contribution < 1.29 is 24.3 Å². The van der Waals surface area contributed by atoms with E-state index in [9.17, 15) is 19.2 Å². The zero-order valence-electron chi connectivity index (χ0n) is 15.4. The van der Waals surface area contributed by atoms with Gasteiger partial charge in [-0.2, -0.15) is 0 Å². The molecule has 4 rings (SSSR count). The number of nitrogens with zero attached hydrogens (tertiary/aromatic N) is 3. The lowest BCUT2D eigenvalue weighted by molar-refractivity contribution is -0.136. The van der Waals surface area contributed by atoms with Crippen LogP contribution in [0.15, 0.2) is 12.3 Å². The van der Waals surface area contributed by atoms with Gasteiger partial charge in [0.05, 0.1) is 0 Å². The first-order valence-corrected chi connectivity index (χ1v) is 9.53. The van der Waals surface area contributed by atoms with E-state index >= 15 is 0 Å². The predicted molar refractivity (Wildman–Crippen MR) is 96.3 cm³/mol. The fourth-order valence-electron chi connectivity index (χ4n) is 4.32. The third kappa shape index (κ3) is 3.32. The molecule has 1 unspecified atom stereocenters. The largest absolute Gasteiger partial charge is 0.465 e. The molecule has 3 aliphatic rings. The van der Waals surface area contributed by atoms with Crippen LogP contribution in [-0.4, -0.2) is 62.8 Å². The van der Waals surface area contributed by atoms with Gasteiger partial charge < -0.3 is 14.9 Å². The number of carbonyl (C=O) groups excluding carboxylic acids is 3. The first-order valence-electron chi connectivity index (χ1n) is 9.53. The highest BCUT2D eigenvalue weighted by Crippen LogP contribution is 2.31. The van der Waals surface area contributed by atoms with E-state index in [0.29, 0.717) is 44.0 Å². The van der Waals surface area contributed by atoms with Gasteiger partial charge in [-0.25, -0.2) is 4.79 Å². The van der Waals surface area contributed by atoms with Crippen LogP contribution >= 0.6 is 0 Å². The highest BCUT2D eigenvalue weighted by molar-refractivity contribution is 6.05. The predicted octanol–water partition coefficient (Wildman–Crippen LogP) is 0.775. The van der Waals surface area contributed by atoms with Gasteiger partial charge >= 0.3 is 6.09 Å². The maximum Gasteiger partial charge on any atom is 0.407 e. The SMILES string of the molecule is O=C1CCC(N2Cc3c(ccnc3CC3CCN(C(=O)O)CC3)C2=O)C(=O)N1. The number of piperidine rings is 2. The van der Waals surface area contributed by atoms with Gasteiger partial charge in [-0.3, -0.25) is 24.7 Å². The monoisotopic (exact) mass is 386 g/mol. The highest BCUT2D eigenvalue weighted by atomic mass is 16.4. The third-order valence-electron chi connectivity index (χ3n) is 5.92. The number of imide groups is 1. The van der Waals surface area contributed by atoms with Crippen LogP contribution in [0.1, 0.15) is 47.3 Å². The quantitative estimate of drug-likeness (QED) is 0.741. The van der Waals surface area contributed by atoms with Crippen LogP contribution in [-0.2, 0) is 22.6 Å². The second-order valence-corrected chi connectivity index (χ2v) is 7.60. The molecule has 0 aromatic carbocycles. The molecule has 0 radical (unpaired) electrons. The topological polar surface area (TPSA) is 120 Å². The first kappa shape index (κ1) is 18.4. The molecule has 0 saturated carbocycles. The van der Waals surface area contributed by atoms with Crippen molar-refractivity contribution in [3.05, 3.63) is 29.1 Å². The van der Waals surface area contributed by atoms with Crippen LogP contribution in [0.2, 0.25) is 0 Å². The second-order valence-electron chi connectivity index (χ2n) is 7.60. The van der Waals surface area contributed by atoms with Crippen molar-refractivity contribution in [3.8, 4) is 0 Å². The van der Waals surface area contributed by atoms with Gasteiger partial charge in [-0.15, -0.1) is 0 Å². The van der Waals surface area contributed by atoms with Crippen molar-refractivity contribution in [2.45, 2.75) is 44.7 Å². The van der Waals surface area contributed by atoms with E-state index in [2.05, 4.69) is 10.3 Å². The number of fused-ring (bicyclic) bond motifs is 1. The Morgan fingerprint density at radius 1 is 1.21 bits per heavy atom. The molecular formula is C19H22N4O5. The molecule has 2 saturated heterocycles. The molecule has 148 valence electrons. The summed E-state index contributed by atoms with van der Waals surface area (Å²) in [5, 5.41) is 11.4. The maximum atomic E-state index is 12.8. The summed E-state index contributed by atoms with van der Waals surface area (Å²) >= 11 is 0. The van der Waals surface area contributed by atoms with Crippen LogP contribution in [0.25, 0.3) is 0 Å². The molecule has 4 amide bonds. The summed E-state index contributed by atoms with van der Waals surface area (Å²) in [5.41, 5.74) is 2.25. The van der Waals surface area contributed by atoms with Crippen molar-refractivity contribution in [2.75, 3.05) is 13.1 Å². The summed E-state index contributed by atoms with van der Waals surface area (Å²) in [6.07, 6.45) is 3.51. The molecule has 0 aliphatic carbocycles. The standard InChI is InChI=1S/C19H22N4O5/c24-16-2-1-15(17(25)21-16)23-10-13-12(18(23)26)3-6-20-14(13)9-11-4-7-22(8-5-11)19(27)28/h3,6,11,15H,1-2,4-5,7-10H2,(H,27,28)(H,21,24,25). The number of carboxylic acid groups (broad SMARTS) is 1. The van der Waals surface area contributed by atoms with E-state index < -0.39 is 18.0 Å². The molecule has 9 heteroatoms. The lowest BCUT2D eigenvalue weighted by Gasteiger charge is -2.30. The molecule has 4 heterocycles. The molecule has 0 spiro atoms. The summed E-state index contributed by atoms with van der Waals surface area (Å²) in [7, 11) is 0. The Labute approximate surface area is 161 Å². The molecule has 3 aliphatic heterocycles. The molecule has 1 atom stereocenters. The Kier molecular flexibility index (Phi) is 4.74. The summed E-state index contributed by atoms with van der Waals surface area (Å²) < 4.78 is 0. The number of amides is 4. The van der Waals surface area contributed by atoms with Crippen LogP contribution in [0, 0.1) is 5.92 Å². The Morgan fingerprint density at radius 3 is 2.64 bits per heavy atom. The van der Waals surface area contributed by atoms with Crippen LogP contribution in [0.3, 0.4) is 0 Å². The van der Waals surface area contributed by atoms with E-state index in [0.717, 1.165) is 24.1 Å². The van der Waals surface area contributed by atoms with E-state index in [1.54, 1.807) is 12.3 Å². The number of hydrogen-bond donors (Lipinski definition) is 2. The second kappa shape index (κ2) is 7.21. The van der Waals surface area contributed by atoms with Crippen LogP contribution in [0.5, 0.6) is 0 Å². The van der Waals surface area contributed by atoms with Crippen LogP contribution < -0.4 is 5.32 Å². The number of hydrogen-bond acceptors (Lipinski definition) is 5. The van der Waals surface area contributed by atoms with E-state index in [1.807, 2.05) is 0 Å². The third-order valence-corrected chi connectivity index (χ3v) is 5.92. The summed E-state index contributed by atoms with van der Waals surface area (Å²) in [6.45, 7) is 1.34. The molecule has 2 N–H and O–H groups in total. The summed E-state index contributed by atoms with van der Waals surface area (Å²) in [5.74, 6) is -0.614. The van der Waals surface area contributed by atoms with Gasteiger partial charge in [0, 0.05) is 49.1 Å². The smallest absolute Gasteiger partial charge is 0.407 e. The number of nitrogens with one attached hydrogen (secondary N) is 1. The average molecular weight is 386 g/mol. The van der Waals surface area contributed by atoms with Gasteiger partial charge in [-0.1, -0.05) is 0 Å². The van der Waals surface area contributed by atoms with Crippen molar-refractivity contribution in [1.29, 1.82) is 0 Å². The van der Waals surface area contributed by atoms with Crippen molar-refractivity contribution in [3.63, 3.8) is 0 Å². The number of rotatable bonds is 3. The van der Waals surface area contributed by atoms with Crippen molar-refractivity contribution >= 4 is 23.8 Å². The minimum atomic E-state index is -0.886. The lowest BCUT2D eigenvalue weighted by atomic mass is 9.90. The number of carbonyl (C=O) groups is 4. The fourth-order valence-corrected chi connectivity index (χ4v) is 4.32. The zero-order chi connectivity index (χ0) is 19.8.